The molecule has 0 bridgehead atoms. The van der Waals surface area contributed by atoms with Gasteiger partial charge in [-0.15, -0.1) is 0 Å². The van der Waals surface area contributed by atoms with Crippen LogP contribution in [-0.4, -0.2) is 24.0 Å². The van der Waals surface area contributed by atoms with Crippen LogP contribution in [0.15, 0.2) is 18.2 Å². The third kappa shape index (κ3) is 5.76. The average molecular weight is 292 g/mol. The maximum absolute atomic E-state index is 14.1. The van der Waals surface area contributed by atoms with Crippen LogP contribution in [-0.2, 0) is 13.1 Å². The summed E-state index contributed by atoms with van der Waals surface area (Å²) in [6, 6.07) is 5.98. The topological polar surface area (TPSA) is 15.3 Å². The molecular formula is C18H29FN2. The average Bonchev–Trinajstić information content (AvgIpc) is 3.23. The van der Waals surface area contributed by atoms with Crippen LogP contribution in [0.4, 0.5) is 4.39 Å². The summed E-state index contributed by atoms with van der Waals surface area (Å²) in [6.45, 7) is 10.2. The highest BCUT2D eigenvalue weighted by molar-refractivity contribution is 5.25. The van der Waals surface area contributed by atoms with Crippen LogP contribution in [0.3, 0.4) is 0 Å². The van der Waals surface area contributed by atoms with Gasteiger partial charge in [0.25, 0.3) is 0 Å². The van der Waals surface area contributed by atoms with Crippen molar-refractivity contribution in [3.8, 4) is 0 Å². The number of rotatable bonds is 9. The van der Waals surface area contributed by atoms with Crippen LogP contribution < -0.4 is 5.32 Å². The number of halogens is 1. The lowest BCUT2D eigenvalue weighted by Gasteiger charge is -2.22. The van der Waals surface area contributed by atoms with Gasteiger partial charge in [-0.25, -0.2) is 4.39 Å². The molecule has 0 saturated heterocycles. The Hall–Kier alpha value is -0.930. The van der Waals surface area contributed by atoms with E-state index in [4.69, 9.17) is 0 Å². The van der Waals surface area contributed by atoms with Crippen molar-refractivity contribution in [2.75, 3.05) is 13.1 Å². The summed E-state index contributed by atoms with van der Waals surface area (Å²) in [5.41, 5.74) is 2.01. The fourth-order valence-corrected chi connectivity index (χ4v) is 2.64. The van der Waals surface area contributed by atoms with Crippen molar-refractivity contribution in [2.45, 2.75) is 59.2 Å². The van der Waals surface area contributed by atoms with Crippen molar-refractivity contribution in [1.82, 2.24) is 10.2 Å². The summed E-state index contributed by atoms with van der Waals surface area (Å²) in [6.07, 6.45) is 3.82. The Morgan fingerprint density at radius 1 is 1.33 bits per heavy atom. The van der Waals surface area contributed by atoms with Crippen molar-refractivity contribution in [1.29, 1.82) is 0 Å². The van der Waals surface area contributed by atoms with Gasteiger partial charge in [-0.2, -0.15) is 0 Å². The fraction of sp³-hybridized carbons (Fsp3) is 0.667. The molecule has 1 aromatic carbocycles. The fourth-order valence-electron chi connectivity index (χ4n) is 2.64. The molecule has 0 atom stereocenters. The smallest absolute Gasteiger partial charge is 0.127 e. The van der Waals surface area contributed by atoms with Crippen molar-refractivity contribution in [3.63, 3.8) is 0 Å². The predicted octanol–water partition coefficient (Wildman–Crippen LogP) is 3.95. The van der Waals surface area contributed by atoms with Gasteiger partial charge < -0.3 is 5.32 Å². The Bertz CT molecular complexity index is 441. The number of nitrogens with one attached hydrogen (secondary N) is 1. The summed E-state index contributed by atoms with van der Waals surface area (Å²) in [5, 5.41) is 3.39. The quantitative estimate of drug-likeness (QED) is 0.741. The largest absolute Gasteiger partial charge is 0.310 e. The minimum Gasteiger partial charge on any atom is -0.310 e. The zero-order valence-electron chi connectivity index (χ0n) is 13.7. The minimum absolute atomic E-state index is 0.0693. The standard InChI is InChI=1S/C18H29FN2/c1-4-9-21(12-15-5-6-15)13-17-10-16(7-8-18(17)19)11-20-14(2)3/h7-8,10,14-15,20H,4-6,9,11-13H2,1-3H3. The van der Waals surface area contributed by atoms with Gasteiger partial charge >= 0.3 is 0 Å². The third-order valence-corrected chi connectivity index (χ3v) is 3.97. The number of hydrogen-bond donors (Lipinski definition) is 1. The highest BCUT2D eigenvalue weighted by Gasteiger charge is 2.24. The molecular weight excluding hydrogens is 263 g/mol. The Balaban J connectivity index is 1.99. The van der Waals surface area contributed by atoms with Gasteiger partial charge in [0.15, 0.2) is 0 Å². The molecule has 1 saturated carbocycles. The number of nitrogens with zero attached hydrogens (tertiary/aromatic N) is 1. The zero-order chi connectivity index (χ0) is 15.2. The SMILES string of the molecule is CCCN(Cc1cc(CNC(C)C)ccc1F)CC1CC1. The first-order valence-electron chi connectivity index (χ1n) is 8.31. The molecule has 2 nitrogen and oxygen atoms in total. The number of benzene rings is 1. The summed E-state index contributed by atoms with van der Waals surface area (Å²) >= 11 is 0. The first kappa shape index (κ1) is 16.4. The molecule has 1 N–H and O–H groups in total. The lowest BCUT2D eigenvalue weighted by molar-refractivity contribution is 0.251. The molecule has 0 amide bonds. The third-order valence-electron chi connectivity index (χ3n) is 3.97. The van der Waals surface area contributed by atoms with Crippen LogP contribution in [0.2, 0.25) is 0 Å². The first-order valence-corrected chi connectivity index (χ1v) is 8.31. The molecule has 0 spiro atoms. The van der Waals surface area contributed by atoms with Crippen LogP contribution in [0.25, 0.3) is 0 Å². The van der Waals surface area contributed by atoms with Crippen molar-refractivity contribution < 1.29 is 4.39 Å². The monoisotopic (exact) mass is 292 g/mol. The summed E-state index contributed by atoms with van der Waals surface area (Å²) < 4.78 is 14.1. The molecule has 0 radical (unpaired) electrons. The highest BCUT2D eigenvalue weighted by atomic mass is 19.1. The van der Waals surface area contributed by atoms with Gasteiger partial charge in [0.2, 0.25) is 0 Å². The van der Waals surface area contributed by atoms with Gasteiger partial charge in [-0.3, -0.25) is 4.90 Å². The van der Waals surface area contributed by atoms with Gasteiger partial charge in [0.05, 0.1) is 0 Å². The van der Waals surface area contributed by atoms with E-state index in [0.717, 1.165) is 44.1 Å². The van der Waals surface area contributed by atoms with E-state index in [9.17, 15) is 4.39 Å². The molecule has 1 aliphatic carbocycles. The van der Waals surface area contributed by atoms with Gasteiger partial charge in [0, 0.05) is 31.2 Å². The summed E-state index contributed by atoms with van der Waals surface area (Å²) in [5.74, 6) is 0.783. The maximum atomic E-state index is 14.1. The number of hydrogen-bond acceptors (Lipinski definition) is 2. The zero-order valence-corrected chi connectivity index (χ0v) is 13.7. The Morgan fingerprint density at radius 2 is 2.10 bits per heavy atom. The lowest BCUT2D eigenvalue weighted by atomic mass is 10.1. The summed E-state index contributed by atoms with van der Waals surface area (Å²) in [7, 11) is 0. The molecule has 118 valence electrons. The van der Waals surface area contributed by atoms with E-state index in [1.807, 2.05) is 12.1 Å². The predicted molar refractivity (Wildman–Crippen MR) is 86.7 cm³/mol. The Labute approximate surface area is 128 Å². The Morgan fingerprint density at radius 3 is 2.71 bits per heavy atom. The second kappa shape index (κ2) is 7.90. The molecule has 1 aliphatic rings. The van der Waals surface area contributed by atoms with E-state index < -0.39 is 0 Å². The van der Waals surface area contributed by atoms with E-state index in [2.05, 4.69) is 31.0 Å². The van der Waals surface area contributed by atoms with E-state index in [1.54, 1.807) is 6.07 Å². The molecule has 1 aromatic rings. The van der Waals surface area contributed by atoms with Gasteiger partial charge in [0.1, 0.15) is 5.82 Å². The Kier molecular flexibility index (Phi) is 6.19. The van der Waals surface area contributed by atoms with Crippen LogP contribution >= 0.6 is 0 Å². The molecule has 0 aromatic heterocycles. The second-order valence-electron chi connectivity index (χ2n) is 6.64. The molecule has 1 fully saturated rings. The van der Waals surface area contributed by atoms with E-state index in [-0.39, 0.29) is 5.82 Å². The van der Waals surface area contributed by atoms with Crippen LogP contribution in [0, 0.1) is 11.7 Å². The van der Waals surface area contributed by atoms with Crippen LogP contribution in [0.1, 0.15) is 51.2 Å². The minimum atomic E-state index is -0.0693. The van der Waals surface area contributed by atoms with E-state index in [1.165, 1.54) is 18.4 Å². The van der Waals surface area contributed by atoms with Gasteiger partial charge in [-0.1, -0.05) is 32.9 Å². The second-order valence-corrected chi connectivity index (χ2v) is 6.64. The lowest BCUT2D eigenvalue weighted by Crippen LogP contribution is -2.27. The molecule has 21 heavy (non-hydrogen) atoms. The molecule has 0 heterocycles. The normalized spacial score (nSPS) is 15.1. The maximum Gasteiger partial charge on any atom is 0.127 e. The first-order chi connectivity index (χ1) is 10.1. The summed E-state index contributed by atoms with van der Waals surface area (Å²) in [4.78, 5) is 2.41. The van der Waals surface area contributed by atoms with E-state index >= 15 is 0 Å². The molecule has 2 rings (SSSR count). The molecule has 0 aliphatic heterocycles. The molecule has 3 heteroatoms. The van der Waals surface area contributed by atoms with Crippen molar-refractivity contribution in [2.24, 2.45) is 5.92 Å². The van der Waals surface area contributed by atoms with Crippen LogP contribution in [0.5, 0.6) is 0 Å². The molecule has 0 unspecified atom stereocenters. The van der Waals surface area contributed by atoms with Crippen molar-refractivity contribution in [3.05, 3.63) is 35.1 Å². The van der Waals surface area contributed by atoms with Gasteiger partial charge in [-0.05, 0) is 43.4 Å². The van der Waals surface area contributed by atoms with E-state index in [0.29, 0.717) is 6.04 Å². The van der Waals surface area contributed by atoms with Crippen molar-refractivity contribution >= 4 is 0 Å². The highest BCUT2D eigenvalue weighted by Crippen LogP contribution is 2.30.